The average Bonchev–Trinajstić information content (AvgIpc) is 2.89. The highest BCUT2D eigenvalue weighted by molar-refractivity contribution is 5.74. The number of ether oxygens (including phenoxy) is 2. The lowest BCUT2D eigenvalue weighted by Crippen LogP contribution is -2.42. The zero-order valence-electron chi connectivity index (χ0n) is 22.4. The van der Waals surface area contributed by atoms with Gasteiger partial charge in [-0.2, -0.15) is 0 Å². The van der Waals surface area contributed by atoms with E-state index in [4.69, 9.17) is 9.47 Å². The van der Waals surface area contributed by atoms with Crippen molar-refractivity contribution in [1.82, 2.24) is 10.2 Å². The van der Waals surface area contributed by atoms with Crippen LogP contribution in [0.2, 0.25) is 0 Å². The van der Waals surface area contributed by atoms with Crippen LogP contribution in [0.15, 0.2) is 42.5 Å². The van der Waals surface area contributed by atoms with Gasteiger partial charge in [0.25, 0.3) is 0 Å². The summed E-state index contributed by atoms with van der Waals surface area (Å²) in [4.78, 5) is 25.8. The van der Waals surface area contributed by atoms with Crippen LogP contribution in [-0.2, 0) is 22.5 Å². The van der Waals surface area contributed by atoms with Crippen LogP contribution in [0.3, 0.4) is 0 Å². The van der Waals surface area contributed by atoms with Gasteiger partial charge in [0.2, 0.25) is 0 Å². The van der Waals surface area contributed by atoms with Crippen molar-refractivity contribution >= 4 is 12.0 Å². The van der Waals surface area contributed by atoms with Gasteiger partial charge in [0.15, 0.2) is 6.10 Å². The van der Waals surface area contributed by atoms with Gasteiger partial charge in [-0.1, -0.05) is 57.2 Å². The van der Waals surface area contributed by atoms with E-state index in [1.807, 2.05) is 0 Å². The van der Waals surface area contributed by atoms with Crippen LogP contribution < -0.4 is 10.1 Å². The molecule has 2 amide bonds. The van der Waals surface area contributed by atoms with Crippen molar-refractivity contribution in [3.63, 3.8) is 0 Å². The van der Waals surface area contributed by atoms with Crippen molar-refractivity contribution in [2.75, 3.05) is 26.3 Å². The molecule has 0 radical (unpaired) electrons. The fourth-order valence-electron chi connectivity index (χ4n) is 3.97. The second kappa shape index (κ2) is 17.3. The lowest BCUT2D eigenvalue weighted by molar-refractivity contribution is -0.149. The predicted molar refractivity (Wildman–Crippen MR) is 142 cm³/mol. The Morgan fingerprint density at radius 2 is 1.68 bits per heavy atom. The van der Waals surface area contributed by atoms with Crippen LogP contribution in [0.4, 0.5) is 13.6 Å². The molecule has 0 saturated carbocycles. The summed E-state index contributed by atoms with van der Waals surface area (Å²) in [6.45, 7) is 5.32. The smallest absolute Gasteiger partial charge is 0.333 e. The van der Waals surface area contributed by atoms with Crippen molar-refractivity contribution in [3.8, 4) is 5.75 Å². The lowest BCUT2D eigenvalue weighted by Gasteiger charge is -2.23. The number of unbranched alkanes of at least 4 members (excludes halogenated alkanes) is 5. The van der Waals surface area contributed by atoms with E-state index in [1.165, 1.54) is 25.3 Å². The third kappa shape index (κ3) is 11.5. The molecule has 0 aliphatic heterocycles. The number of carboxylic acids is 1. The molecule has 0 fully saturated rings. The second-order valence-electron chi connectivity index (χ2n) is 9.13. The molecule has 2 aromatic carbocycles. The Morgan fingerprint density at radius 1 is 0.974 bits per heavy atom. The number of hydrogen-bond acceptors (Lipinski definition) is 4. The number of halogens is 2. The molecule has 9 heteroatoms. The Morgan fingerprint density at radius 3 is 2.34 bits per heavy atom. The molecule has 2 aromatic rings. The first-order chi connectivity index (χ1) is 18.3. The van der Waals surface area contributed by atoms with Gasteiger partial charge in [-0.3, -0.25) is 0 Å². The summed E-state index contributed by atoms with van der Waals surface area (Å²) >= 11 is 0. The number of amides is 2. The van der Waals surface area contributed by atoms with E-state index in [0.717, 1.165) is 37.0 Å². The van der Waals surface area contributed by atoms with Gasteiger partial charge < -0.3 is 24.8 Å². The number of nitrogens with one attached hydrogen (secondary N) is 1. The van der Waals surface area contributed by atoms with Crippen molar-refractivity contribution < 1.29 is 33.0 Å². The van der Waals surface area contributed by atoms with E-state index in [0.29, 0.717) is 25.4 Å². The number of carbonyl (C=O) groups excluding carboxylic acids is 1. The van der Waals surface area contributed by atoms with Gasteiger partial charge in [-0.25, -0.2) is 18.4 Å². The Balaban J connectivity index is 1.89. The van der Waals surface area contributed by atoms with Gasteiger partial charge in [0, 0.05) is 37.7 Å². The van der Waals surface area contributed by atoms with E-state index < -0.39 is 23.7 Å². The molecule has 1 atom stereocenters. The number of urea groups is 1. The summed E-state index contributed by atoms with van der Waals surface area (Å²) in [5.74, 6) is -1.76. The fourth-order valence-corrected chi connectivity index (χ4v) is 3.97. The molecule has 0 spiro atoms. The van der Waals surface area contributed by atoms with Crippen molar-refractivity contribution in [2.24, 2.45) is 0 Å². The molecule has 0 aliphatic carbocycles. The summed E-state index contributed by atoms with van der Waals surface area (Å²) in [6, 6.07) is 10.1. The van der Waals surface area contributed by atoms with E-state index in [9.17, 15) is 23.5 Å². The maximum atomic E-state index is 14.0. The van der Waals surface area contributed by atoms with Gasteiger partial charge in [0.05, 0.1) is 6.54 Å². The average molecular weight is 535 g/mol. The number of hydrogen-bond donors (Lipinski definition) is 2. The van der Waals surface area contributed by atoms with Gasteiger partial charge in [-0.15, -0.1) is 0 Å². The van der Waals surface area contributed by atoms with E-state index >= 15 is 0 Å². The third-order valence-corrected chi connectivity index (χ3v) is 6.13. The molecule has 7 nitrogen and oxygen atoms in total. The zero-order chi connectivity index (χ0) is 27.8. The molecular formula is C29H40F2N2O5. The van der Waals surface area contributed by atoms with Crippen LogP contribution in [0.25, 0.3) is 0 Å². The lowest BCUT2D eigenvalue weighted by atomic mass is 10.1. The van der Waals surface area contributed by atoms with Crippen LogP contribution in [0.5, 0.6) is 5.75 Å². The Kier molecular flexibility index (Phi) is 14.2. The van der Waals surface area contributed by atoms with Crippen LogP contribution in [0.1, 0.15) is 63.5 Å². The largest absolute Gasteiger partial charge is 0.492 e. The van der Waals surface area contributed by atoms with E-state index in [-0.39, 0.29) is 31.2 Å². The number of carboxylic acid groups (broad SMARTS) is 1. The molecule has 2 N–H and O–H groups in total. The molecule has 38 heavy (non-hydrogen) atoms. The molecule has 2 rings (SSSR count). The predicted octanol–water partition coefficient (Wildman–Crippen LogP) is 5.95. The number of aliphatic carboxylic acids is 1. The monoisotopic (exact) mass is 534 g/mol. The van der Waals surface area contributed by atoms with Crippen molar-refractivity contribution in [1.29, 1.82) is 0 Å². The molecule has 0 bridgehead atoms. The number of carbonyl (C=O) groups is 2. The number of rotatable bonds is 18. The summed E-state index contributed by atoms with van der Waals surface area (Å²) in [6.07, 6.45) is 5.86. The van der Waals surface area contributed by atoms with E-state index in [2.05, 4.69) is 12.2 Å². The molecule has 210 valence electrons. The molecule has 1 unspecified atom stereocenters. The normalized spacial score (nSPS) is 11.7. The van der Waals surface area contributed by atoms with Crippen molar-refractivity contribution in [2.45, 2.75) is 71.4 Å². The quantitative estimate of drug-likeness (QED) is 0.231. The van der Waals surface area contributed by atoms with Crippen molar-refractivity contribution in [3.05, 3.63) is 65.2 Å². The standard InChI is InChI=1S/C29H40F2N2O5/c1-3-5-6-7-8-9-16-33(29(36)32-21-23-12-13-24(30)20-26(23)31)17-18-38-25-14-10-22(11-15-25)19-27(28(34)35)37-4-2/h10-15,20,27H,3-9,16-19,21H2,1-2H3,(H,32,36)(H,34,35). The SMILES string of the molecule is CCCCCCCCN(CCOc1ccc(CC(OCC)C(=O)O)cc1)C(=O)NCc1ccc(F)cc1F. The Bertz CT molecular complexity index is 987. The van der Waals surface area contributed by atoms with Crippen LogP contribution in [0, 0.1) is 11.6 Å². The summed E-state index contributed by atoms with van der Waals surface area (Å²) in [5, 5.41) is 12.0. The fraction of sp³-hybridized carbons (Fsp3) is 0.517. The minimum atomic E-state index is -1.00. The maximum Gasteiger partial charge on any atom is 0.333 e. The van der Waals surface area contributed by atoms with Crippen LogP contribution in [-0.4, -0.2) is 54.4 Å². The van der Waals surface area contributed by atoms with Gasteiger partial charge in [0.1, 0.15) is 24.0 Å². The maximum absolute atomic E-state index is 14.0. The number of nitrogens with zero attached hydrogens (tertiary/aromatic N) is 1. The third-order valence-electron chi connectivity index (χ3n) is 6.13. The summed E-state index contributed by atoms with van der Waals surface area (Å²) in [7, 11) is 0. The molecule has 0 aliphatic rings. The Hall–Kier alpha value is -3.20. The van der Waals surface area contributed by atoms with E-state index in [1.54, 1.807) is 36.1 Å². The van der Waals surface area contributed by atoms with Gasteiger partial charge >= 0.3 is 12.0 Å². The highest BCUT2D eigenvalue weighted by Gasteiger charge is 2.18. The van der Waals surface area contributed by atoms with Gasteiger partial charge in [-0.05, 0) is 37.1 Å². The number of benzene rings is 2. The first-order valence-corrected chi connectivity index (χ1v) is 13.4. The van der Waals surface area contributed by atoms with Crippen LogP contribution >= 0.6 is 0 Å². The second-order valence-corrected chi connectivity index (χ2v) is 9.13. The zero-order valence-corrected chi connectivity index (χ0v) is 22.4. The minimum absolute atomic E-state index is 0.0423. The minimum Gasteiger partial charge on any atom is -0.492 e. The topological polar surface area (TPSA) is 88.1 Å². The molecule has 0 aromatic heterocycles. The molecule has 0 heterocycles. The molecular weight excluding hydrogens is 494 g/mol. The summed E-state index contributed by atoms with van der Waals surface area (Å²) < 4.78 is 38.2. The first-order valence-electron chi connectivity index (χ1n) is 13.4. The first kappa shape index (κ1) is 31.0. The summed E-state index contributed by atoms with van der Waals surface area (Å²) in [5.41, 5.74) is 1.03. The highest BCUT2D eigenvalue weighted by atomic mass is 19.1. The Labute approximate surface area is 224 Å². The highest BCUT2D eigenvalue weighted by Crippen LogP contribution is 2.15. The molecule has 0 saturated heterocycles.